The van der Waals surface area contributed by atoms with Crippen molar-refractivity contribution in [3.63, 3.8) is 0 Å². The number of aliphatic carboxylic acids is 1. The van der Waals surface area contributed by atoms with Crippen LogP contribution in [0.1, 0.15) is 23.7 Å². The molecule has 0 bridgehead atoms. The van der Waals surface area contributed by atoms with Crippen molar-refractivity contribution in [1.82, 2.24) is 0 Å². The van der Waals surface area contributed by atoms with E-state index in [0.717, 1.165) is 0 Å². The van der Waals surface area contributed by atoms with Gasteiger partial charge >= 0.3 is 5.97 Å². The molecule has 23 heavy (non-hydrogen) atoms. The van der Waals surface area contributed by atoms with Crippen LogP contribution in [0.5, 0.6) is 0 Å². The molecule has 0 aliphatic heterocycles. The average Bonchev–Trinajstić information content (AvgIpc) is 2.55. The zero-order chi connectivity index (χ0) is 17.0. The quantitative estimate of drug-likeness (QED) is 0.380. The lowest BCUT2D eigenvalue weighted by Crippen LogP contribution is -2.23. The van der Waals surface area contributed by atoms with Crippen LogP contribution in [0.3, 0.4) is 0 Å². The first-order valence-electron chi connectivity index (χ1n) is 7.06. The van der Waals surface area contributed by atoms with Crippen LogP contribution in [0, 0.1) is 16.0 Å². The topological polar surface area (TPSA) is 97.5 Å². The van der Waals surface area contributed by atoms with Gasteiger partial charge in [0.25, 0.3) is 5.69 Å². The van der Waals surface area contributed by atoms with Gasteiger partial charge in [0.15, 0.2) is 5.78 Å². The van der Waals surface area contributed by atoms with Crippen molar-refractivity contribution in [2.45, 2.75) is 13.3 Å². The molecule has 0 aliphatic carbocycles. The fourth-order valence-corrected chi connectivity index (χ4v) is 2.30. The fraction of sp³-hybridized carbons (Fsp3) is 0.176. The number of carbonyl (C=O) groups is 2. The Bertz CT molecular complexity index is 752. The molecule has 6 nitrogen and oxygen atoms in total. The van der Waals surface area contributed by atoms with Gasteiger partial charge in [-0.3, -0.25) is 19.7 Å². The fourth-order valence-electron chi connectivity index (χ4n) is 2.30. The number of nitrogens with zero attached hydrogens (tertiary/aromatic N) is 1. The number of hydrogen-bond donors (Lipinski definition) is 1. The minimum atomic E-state index is -1.14. The standard InChI is InChI=1S/C17H15NO5/c1-2-15(17(20)21)16(19)12-8-6-11(7-9-12)13-4-3-5-14(10-13)18(22)23/h3-10,15H,2H2,1H3,(H,20,21). The largest absolute Gasteiger partial charge is 0.481 e. The molecule has 0 saturated carbocycles. The van der Waals surface area contributed by atoms with E-state index in [4.69, 9.17) is 5.11 Å². The molecule has 1 atom stereocenters. The Morgan fingerprint density at radius 1 is 1.13 bits per heavy atom. The van der Waals surface area contributed by atoms with Gasteiger partial charge in [0, 0.05) is 17.7 Å². The summed E-state index contributed by atoms with van der Waals surface area (Å²) in [6, 6.07) is 12.6. The highest BCUT2D eigenvalue weighted by Crippen LogP contribution is 2.25. The molecule has 0 amide bonds. The molecule has 0 heterocycles. The van der Waals surface area contributed by atoms with Crippen molar-refractivity contribution in [2.75, 3.05) is 0 Å². The van der Waals surface area contributed by atoms with Gasteiger partial charge in [0.05, 0.1) is 4.92 Å². The summed E-state index contributed by atoms with van der Waals surface area (Å²) in [5.41, 5.74) is 1.67. The molecule has 0 aromatic heterocycles. The lowest BCUT2D eigenvalue weighted by atomic mass is 9.94. The number of non-ortho nitro benzene ring substituents is 1. The second kappa shape index (κ2) is 6.83. The highest BCUT2D eigenvalue weighted by Gasteiger charge is 2.25. The SMILES string of the molecule is CCC(C(=O)O)C(=O)c1ccc(-c2cccc([N+](=O)[O-])c2)cc1. The Morgan fingerprint density at radius 2 is 1.78 bits per heavy atom. The molecule has 0 saturated heterocycles. The van der Waals surface area contributed by atoms with Crippen LogP contribution in [0.15, 0.2) is 48.5 Å². The summed E-state index contributed by atoms with van der Waals surface area (Å²) in [5, 5.41) is 19.8. The first kappa shape index (κ1) is 16.4. The van der Waals surface area contributed by atoms with Gasteiger partial charge in [0.1, 0.15) is 5.92 Å². The molecule has 118 valence electrons. The zero-order valence-corrected chi connectivity index (χ0v) is 12.4. The number of carboxylic acids is 1. The summed E-state index contributed by atoms with van der Waals surface area (Å²) in [6.45, 7) is 1.65. The van der Waals surface area contributed by atoms with Crippen LogP contribution < -0.4 is 0 Å². The zero-order valence-electron chi connectivity index (χ0n) is 12.4. The van der Waals surface area contributed by atoms with Crippen LogP contribution >= 0.6 is 0 Å². The Balaban J connectivity index is 2.29. The number of carboxylic acid groups (broad SMARTS) is 1. The maximum atomic E-state index is 12.1. The monoisotopic (exact) mass is 313 g/mol. The minimum Gasteiger partial charge on any atom is -0.481 e. The Hall–Kier alpha value is -3.02. The van der Waals surface area contributed by atoms with E-state index in [1.165, 1.54) is 12.1 Å². The molecule has 0 aliphatic rings. The van der Waals surface area contributed by atoms with Gasteiger partial charge in [-0.2, -0.15) is 0 Å². The molecule has 6 heteroatoms. The summed E-state index contributed by atoms with van der Waals surface area (Å²) in [6.07, 6.45) is 0.223. The predicted molar refractivity (Wildman–Crippen MR) is 84.3 cm³/mol. The normalized spacial score (nSPS) is 11.7. The number of rotatable bonds is 6. The van der Waals surface area contributed by atoms with Crippen LogP contribution in [0.25, 0.3) is 11.1 Å². The first-order chi connectivity index (χ1) is 10.9. The Labute approximate surface area is 132 Å². The van der Waals surface area contributed by atoms with Crippen molar-refractivity contribution in [3.05, 3.63) is 64.2 Å². The molecule has 2 rings (SSSR count). The van der Waals surface area contributed by atoms with E-state index in [0.29, 0.717) is 16.7 Å². The maximum Gasteiger partial charge on any atom is 0.314 e. The molecular weight excluding hydrogens is 298 g/mol. The van der Waals surface area contributed by atoms with E-state index in [1.54, 1.807) is 43.3 Å². The maximum absolute atomic E-state index is 12.1. The van der Waals surface area contributed by atoms with Crippen LogP contribution in [0.4, 0.5) is 5.69 Å². The van der Waals surface area contributed by atoms with Gasteiger partial charge in [-0.25, -0.2) is 0 Å². The van der Waals surface area contributed by atoms with Crippen molar-refractivity contribution in [3.8, 4) is 11.1 Å². The predicted octanol–water partition coefficient (Wildman–Crippen LogP) is 3.56. The van der Waals surface area contributed by atoms with E-state index in [2.05, 4.69) is 0 Å². The van der Waals surface area contributed by atoms with Gasteiger partial charge in [-0.05, 0) is 17.5 Å². The molecule has 0 radical (unpaired) electrons. The second-order valence-electron chi connectivity index (χ2n) is 5.05. The Kier molecular flexibility index (Phi) is 4.85. The number of ketones is 1. The molecule has 2 aromatic rings. The minimum absolute atomic E-state index is 0.0143. The average molecular weight is 313 g/mol. The van der Waals surface area contributed by atoms with E-state index in [1.807, 2.05) is 0 Å². The summed E-state index contributed by atoms with van der Waals surface area (Å²) in [5.74, 6) is -2.63. The number of benzene rings is 2. The summed E-state index contributed by atoms with van der Waals surface area (Å²) in [7, 11) is 0. The van der Waals surface area contributed by atoms with Crippen LogP contribution in [-0.2, 0) is 4.79 Å². The summed E-state index contributed by atoms with van der Waals surface area (Å²) < 4.78 is 0. The van der Waals surface area contributed by atoms with E-state index < -0.39 is 22.6 Å². The third kappa shape index (κ3) is 3.60. The number of Topliss-reactive ketones (excluding diaryl/α,β-unsaturated/α-hetero) is 1. The third-order valence-corrected chi connectivity index (χ3v) is 3.58. The first-order valence-corrected chi connectivity index (χ1v) is 7.06. The second-order valence-corrected chi connectivity index (χ2v) is 5.05. The van der Waals surface area contributed by atoms with E-state index >= 15 is 0 Å². The molecule has 1 N–H and O–H groups in total. The molecule has 0 spiro atoms. The molecule has 0 fully saturated rings. The van der Waals surface area contributed by atoms with Gasteiger partial charge in [-0.15, -0.1) is 0 Å². The summed E-state index contributed by atoms with van der Waals surface area (Å²) >= 11 is 0. The third-order valence-electron chi connectivity index (χ3n) is 3.58. The van der Waals surface area contributed by atoms with Crippen molar-refractivity contribution in [1.29, 1.82) is 0 Å². The smallest absolute Gasteiger partial charge is 0.314 e. The highest BCUT2D eigenvalue weighted by atomic mass is 16.6. The summed E-state index contributed by atoms with van der Waals surface area (Å²) in [4.78, 5) is 33.5. The number of hydrogen-bond acceptors (Lipinski definition) is 4. The Morgan fingerprint density at radius 3 is 2.30 bits per heavy atom. The van der Waals surface area contributed by atoms with Gasteiger partial charge < -0.3 is 5.11 Å². The lowest BCUT2D eigenvalue weighted by molar-refractivity contribution is -0.384. The number of nitro benzene ring substituents is 1. The van der Waals surface area contributed by atoms with Crippen LogP contribution in [0.2, 0.25) is 0 Å². The molecule has 1 unspecified atom stereocenters. The van der Waals surface area contributed by atoms with Crippen molar-refractivity contribution in [2.24, 2.45) is 5.92 Å². The van der Waals surface area contributed by atoms with Gasteiger partial charge in [-0.1, -0.05) is 43.3 Å². The number of carbonyl (C=O) groups excluding carboxylic acids is 1. The number of nitro groups is 1. The van der Waals surface area contributed by atoms with Crippen molar-refractivity contribution < 1.29 is 19.6 Å². The molecular formula is C17H15NO5. The van der Waals surface area contributed by atoms with Crippen LogP contribution in [-0.4, -0.2) is 21.8 Å². The lowest BCUT2D eigenvalue weighted by Gasteiger charge is -2.09. The van der Waals surface area contributed by atoms with E-state index in [-0.39, 0.29) is 12.1 Å². The van der Waals surface area contributed by atoms with Gasteiger partial charge in [0.2, 0.25) is 0 Å². The highest BCUT2D eigenvalue weighted by molar-refractivity contribution is 6.08. The molecule has 2 aromatic carbocycles. The van der Waals surface area contributed by atoms with E-state index in [9.17, 15) is 19.7 Å². The van der Waals surface area contributed by atoms with Crippen molar-refractivity contribution >= 4 is 17.4 Å².